The zero-order valence-electron chi connectivity index (χ0n) is 15.5. The number of nitrogens with zero attached hydrogens (tertiary/aromatic N) is 1. The summed E-state index contributed by atoms with van der Waals surface area (Å²) in [5.74, 6) is -0.154. The van der Waals surface area contributed by atoms with Gasteiger partial charge in [0.15, 0.2) is 0 Å². The highest BCUT2D eigenvalue weighted by atomic mass is 35.5. The fraction of sp³-hybridized carbons (Fsp3) is 0.250. The number of aryl methyl sites for hydroxylation is 1. The summed E-state index contributed by atoms with van der Waals surface area (Å²) in [6.07, 6.45) is 1.17. The van der Waals surface area contributed by atoms with Crippen LogP contribution in [0.1, 0.15) is 25.2 Å². The number of furan rings is 1. The number of carbonyl (C=O) groups is 3. The van der Waals surface area contributed by atoms with Crippen molar-refractivity contribution in [3.05, 3.63) is 51.6 Å². The van der Waals surface area contributed by atoms with Crippen LogP contribution in [0.15, 0.2) is 39.7 Å². The van der Waals surface area contributed by atoms with Gasteiger partial charge in [-0.2, -0.15) is 0 Å². The monoisotopic (exact) mass is 419 g/mol. The van der Waals surface area contributed by atoms with Gasteiger partial charge in [0.1, 0.15) is 18.1 Å². The molecule has 1 aliphatic heterocycles. The molecule has 0 N–H and O–H groups in total. The smallest absolute Gasteiger partial charge is 0.326 e. The molecule has 6 nitrogen and oxygen atoms in total. The van der Waals surface area contributed by atoms with E-state index in [1.165, 1.54) is 6.08 Å². The lowest BCUT2D eigenvalue weighted by Crippen LogP contribution is -2.35. The van der Waals surface area contributed by atoms with E-state index in [-0.39, 0.29) is 11.0 Å². The lowest BCUT2D eigenvalue weighted by atomic mass is 10.1. The molecule has 1 aromatic carbocycles. The first-order valence-electron chi connectivity index (χ1n) is 8.56. The van der Waals surface area contributed by atoms with Crippen LogP contribution >= 0.6 is 23.4 Å². The minimum absolute atomic E-state index is 0.186. The normalized spacial score (nSPS) is 15.8. The molecule has 8 heteroatoms. The van der Waals surface area contributed by atoms with E-state index in [0.717, 1.165) is 27.8 Å². The predicted molar refractivity (Wildman–Crippen MR) is 108 cm³/mol. The van der Waals surface area contributed by atoms with Crippen molar-refractivity contribution in [1.29, 1.82) is 0 Å². The van der Waals surface area contributed by atoms with Crippen molar-refractivity contribution >= 4 is 46.6 Å². The van der Waals surface area contributed by atoms with E-state index >= 15 is 0 Å². The Morgan fingerprint density at radius 1 is 1.29 bits per heavy atom. The first-order chi connectivity index (χ1) is 13.2. The van der Waals surface area contributed by atoms with Crippen molar-refractivity contribution in [3.8, 4) is 11.3 Å². The molecule has 0 atom stereocenters. The van der Waals surface area contributed by atoms with Gasteiger partial charge in [-0.05, 0) is 62.4 Å². The average molecular weight is 420 g/mol. The summed E-state index contributed by atoms with van der Waals surface area (Å²) < 4.78 is 10.8. The van der Waals surface area contributed by atoms with Gasteiger partial charge >= 0.3 is 5.97 Å². The molecule has 0 saturated carbocycles. The second-order valence-corrected chi connectivity index (χ2v) is 7.90. The topological polar surface area (TPSA) is 76.8 Å². The van der Waals surface area contributed by atoms with Crippen molar-refractivity contribution in [2.24, 2.45) is 0 Å². The second kappa shape index (κ2) is 8.24. The van der Waals surface area contributed by atoms with Gasteiger partial charge in [0.05, 0.1) is 11.0 Å². The Kier molecular flexibility index (Phi) is 5.96. The minimum atomic E-state index is -0.629. The Morgan fingerprint density at radius 3 is 2.75 bits per heavy atom. The third kappa shape index (κ3) is 4.48. The zero-order valence-corrected chi connectivity index (χ0v) is 17.1. The van der Waals surface area contributed by atoms with Crippen LogP contribution in [0.2, 0.25) is 5.02 Å². The summed E-state index contributed by atoms with van der Waals surface area (Å²) in [7, 11) is 0. The molecular weight excluding hydrogens is 402 g/mol. The minimum Gasteiger partial charge on any atom is -0.462 e. The van der Waals surface area contributed by atoms with Crippen LogP contribution in [-0.2, 0) is 14.3 Å². The highest BCUT2D eigenvalue weighted by molar-refractivity contribution is 8.18. The van der Waals surface area contributed by atoms with Crippen molar-refractivity contribution in [2.75, 3.05) is 6.54 Å². The average Bonchev–Trinajstić information content (AvgIpc) is 3.17. The number of halogens is 1. The highest BCUT2D eigenvalue weighted by Gasteiger charge is 2.37. The quantitative estimate of drug-likeness (QED) is 0.507. The summed E-state index contributed by atoms with van der Waals surface area (Å²) in [6.45, 7) is 4.92. The van der Waals surface area contributed by atoms with Crippen molar-refractivity contribution in [2.45, 2.75) is 26.9 Å². The van der Waals surface area contributed by atoms with E-state index < -0.39 is 23.7 Å². The number of hydrogen-bond donors (Lipinski definition) is 0. The number of ether oxygens (including phenoxy) is 1. The van der Waals surface area contributed by atoms with E-state index in [9.17, 15) is 14.4 Å². The van der Waals surface area contributed by atoms with Crippen molar-refractivity contribution in [1.82, 2.24) is 4.90 Å². The molecule has 2 aromatic rings. The standard InChI is InChI=1S/C20H18ClNO5S/c1-11(2)26-18(23)10-22-19(24)17(28-20(22)25)9-14-6-7-16(27-14)15-8-13(21)5-4-12(15)3/h4-9,11H,10H2,1-3H3/b17-9-. The Balaban J connectivity index is 1.78. The van der Waals surface area contributed by atoms with Crippen LogP contribution in [0.4, 0.5) is 4.79 Å². The summed E-state index contributed by atoms with van der Waals surface area (Å²) in [4.78, 5) is 37.4. The van der Waals surface area contributed by atoms with E-state index in [2.05, 4.69) is 0 Å². The van der Waals surface area contributed by atoms with Crippen molar-refractivity contribution in [3.63, 3.8) is 0 Å². The van der Waals surface area contributed by atoms with Crippen LogP contribution < -0.4 is 0 Å². The molecule has 0 unspecified atom stereocenters. The van der Waals surface area contributed by atoms with Crippen LogP contribution in [0.25, 0.3) is 17.4 Å². The maximum Gasteiger partial charge on any atom is 0.326 e. The maximum absolute atomic E-state index is 12.5. The zero-order chi connectivity index (χ0) is 20.4. The Labute approximate surface area is 171 Å². The second-order valence-electron chi connectivity index (χ2n) is 6.47. The SMILES string of the molecule is Cc1ccc(Cl)cc1-c1ccc(/C=C2\SC(=O)N(CC(=O)OC(C)C)C2=O)o1. The van der Waals surface area contributed by atoms with E-state index in [1.807, 2.05) is 13.0 Å². The molecule has 1 fully saturated rings. The van der Waals surface area contributed by atoms with Crippen LogP contribution in [0.5, 0.6) is 0 Å². The predicted octanol–water partition coefficient (Wildman–Crippen LogP) is 4.90. The summed E-state index contributed by atoms with van der Waals surface area (Å²) in [6, 6.07) is 8.96. The van der Waals surface area contributed by atoms with Gasteiger partial charge in [-0.3, -0.25) is 19.3 Å². The molecule has 146 valence electrons. The van der Waals surface area contributed by atoms with Gasteiger partial charge in [-0.15, -0.1) is 0 Å². The van der Waals surface area contributed by atoms with Gasteiger partial charge in [0.2, 0.25) is 0 Å². The largest absolute Gasteiger partial charge is 0.462 e. The molecule has 2 amide bonds. The number of amides is 2. The number of carbonyl (C=O) groups excluding carboxylic acids is 3. The first kappa shape index (κ1) is 20.2. The maximum atomic E-state index is 12.5. The molecule has 28 heavy (non-hydrogen) atoms. The van der Waals surface area contributed by atoms with Gasteiger partial charge in [0, 0.05) is 16.7 Å². The summed E-state index contributed by atoms with van der Waals surface area (Å²) in [5.41, 5.74) is 1.84. The molecule has 0 radical (unpaired) electrons. The molecule has 1 aliphatic rings. The number of imide groups is 1. The molecule has 0 spiro atoms. The van der Waals surface area contributed by atoms with Gasteiger partial charge < -0.3 is 9.15 Å². The number of thioether (sulfide) groups is 1. The summed E-state index contributed by atoms with van der Waals surface area (Å²) in [5, 5.41) is 0.0716. The van der Waals surface area contributed by atoms with Gasteiger partial charge in [0.25, 0.3) is 11.1 Å². The molecule has 3 rings (SSSR count). The third-order valence-electron chi connectivity index (χ3n) is 3.89. The molecule has 1 aromatic heterocycles. The number of hydrogen-bond acceptors (Lipinski definition) is 6. The fourth-order valence-corrected chi connectivity index (χ4v) is 3.62. The molecule has 2 heterocycles. The van der Waals surface area contributed by atoms with Gasteiger partial charge in [-0.25, -0.2) is 0 Å². The van der Waals surface area contributed by atoms with Crippen LogP contribution in [0, 0.1) is 6.92 Å². The molecular formula is C20H18ClNO5S. The van der Waals surface area contributed by atoms with E-state index in [4.69, 9.17) is 20.8 Å². The number of benzene rings is 1. The number of esters is 1. The lowest BCUT2D eigenvalue weighted by molar-refractivity contribution is -0.149. The fourth-order valence-electron chi connectivity index (χ4n) is 2.63. The van der Waals surface area contributed by atoms with E-state index in [1.54, 1.807) is 38.1 Å². The Morgan fingerprint density at radius 2 is 2.04 bits per heavy atom. The molecule has 0 bridgehead atoms. The van der Waals surface area contributed by atoms with Crippen molar-refractivity contribution < 1.29 is 23.5 Å². The van der Waals surface area contributed by atoms with Crippen LogP contribution in [0.3, 0.4) is 0 Å². The summed E-state index contributed by atoms with van der Waals surface area (Å²) >= 11 is 6.81. The molecule has 1 saturated heterocycles. The van der Waals surface area contributed by atoms with Gasteiger partial charge in [-0.1, -0.05) is 17.7 Å². The molecule has 0 aliphatic carbocycles. The number of rotatable bonds is 5. The van der Waals surface area contributed by atoms with E-state index in [0.29, 0.717) is 16.5 Å². The van der Waals surface area contributed by atoms with Crippen LogP contribution in [-0.4, -0.2) is 34.7 Å². The lowest BCUT2D eigenvalue weighted by Gasteiger charge is -2.13. The Bertz CT molecular complexity index is 979. The Hall–Kier alpha value is -2.51. The highest BCUT2D eigenvalue weighted by Crippen LogP contribution is 2.34. The first-order valence-corrected chi connectivity index (χ1v) is 9.75. The third-order valence-corrected chi connectivity index (χ3v) is 5.04.